The van der Waals surface area contributed by atoms with E-state index in [1.165, 1.54) is 31.2 Å². The first-order valence-electron chi connectivity index (χ1n) is 8.36. The summed E-state index contributed by atoms with van der Waals surface area (Å²) in [6.45, 7) is 0.769. The lowest BCUT2D eigenvalue weighted by atomic mass is 9.75. The number of nitrogens with zero attached hydrogens (tertiary/aromatic N) is 2. The van der Waals surface area contributed by atoms with Gasteiger partial charge in [0.05, 0.1) is 0 Å². The number of nitrogens with two attached hydrogens (primary N) is 1. The van der Waals surface area contributed by atoms with Gasteiger partial charge in [0.1, 0.15) is 5.82 Å². The van der Waals surface area contributed by atoms with Crippen molar-refractivity contribution in [3.63, 3.8) is 0 Å². The maximum Gasteiger partial charge on any atom is 0.194 e. The summed E-state index contributed by atoms with van der Waals surface area (Å²) in [4.78, 5) is 8.77. The SMILES string of the molecule is NC(=NCC1CCCCC1c1ccccc1)Nc1ccccn1. The number of pyridine rings is 1. The highest BCUT2D eigenvalue weighted by atomic mass is 15.1. The monoisotopic (exact) mass is 308 g/mol. The van der Waals surface area contributed by atoms with Gasteiger partial charge in [0.25, 0.3) is 0 Å². The largest absolute Gasteiger partial charge is 0.370 e. The molecule has 0 bridgehead atoms. The van der Waals surface area contributed by atoms with Crippen LogP contribution in [0.3, 0.4) is 0 Å². The third kappa shape index (κ3) is 4.31. The van der Waals surface area contributed by atoms with Crippen molar-refractivity contribution in [2.24, 2.45) is 16.6 Å². The number of benzene rings is 1. The molecule has 3 N–H and O–H groups in total. The van der Waals surface area contributed by atoms with E-state index < -0.39 is 0 Å². The fourth-order valence-corrected chi connectivity index (χ4v) is 3.39. The van der Waals surface area contributed by atoms with E-state index >= 15 is 0 Å². The minimum absolute atomic E-state index is 0.445. The van der Waals surface area contributed by atoms with Crippen LogP contribution in [-0.4, -0.2) is 17.5 Å². The summed E-state index contributed by atoms with van der Waals surface area (Å²) in [5, 5.41) is 3.05. The van der Waals surface area contributed by atoms with Crippen molar-refractivity contribution in [3.8, 4) is 0 Å². The Morgan fingerprint density at radius 1 is 1.09 bits per heavy atom. The van der Waals surface area contributed by atoms with Gasteiger partial charge in [0.15, 0.2) is 5.96 Å². The fourth-order valence-electron chi connectivity index (χ4n) is 3.39. The third-order valence-corrected chi connectivity index (χ3v) is 4.55. The van der Waals surface area contributed by atoms with Gasteiger partial charge in [0, 0.05) is 12.7 Å². The molecule has 4 heteroatoms. The molecule has 1 fully saturated rings. The number of anilines is 1. The molecule has 2 unspecified atom stereocenters. The quantitative estimate of drug-likeness (QED) is 0.667. The maximum absolute atomic E-state index is 6.01. The highest BCUT2D eigenvalue weighted by Crippen LogP contribution is 2.37. The van der Waals surface area contributed by atoms with E-state index in [0.29, 0.717) is 17.8 Å². The predicted molar refractivity (Wildman–Crippen MR) is 95.5 cm³/mol. The van der Waals surface area contributed by atoms with Gasteiger partial charge in [-0.1, -0.05) is 49.2 Å². The van der Waals surface area contributed by atoms with Crippen LogP contribution >= 0.6 is 0 Å². The molecule has 1 saturated carbocycles. The van der Waals surface area contributed by atoms with Gasteiger partial charge in [-0.3, -0.25) is 4.99 Å². The van der Waals surface area contributed by atoms with Crippen molar-refractivity contribution in [2.45, 2.75) is 31.6 Å². The normalized spacial score (nSPS) is 21.8. The topological polar surface area (TPSA) is 63.3 Å². The van der Waals surface area contributed by atoms with Crippen LogP contribution in [0.15, 0.2) is 59.7 Å². The third-order valence-electron chi connectivity index (χ3n) is 4.55. The summed E-state index contributed by atoms with van der Waals surface area (Å²) >= 11 is 0. The summed E-state index contributed by atoms with van der Waals surface area (Å²) in [5.41, 5.74) is 7.44. The van der Waals surface area contributed by atoms with E-state index in [0.717, 1.165) is 12.4 Å². The van der Waals surface area contributed by atoms with Gasteiger partial charge < -0.3 is 11.1 Å². The van der Waals surface area contributed by atoms with E-state index in [4.69, 9.17) is 5.73 Å². The summed E-state index contributed by atoms with van der Waals surface area (Å²) in [6.07, 6.45) is 6.80. The molecule has 4 nitrogen and oxygen atoms in total. The minimum Gasteiger partial charge on any atom is -0.370 e. The lowest BCUT2D eigenvalue weighted by molar-refractivity contribution is 0.315. The molecule has 1 aromatic heterocycles. The summed E-state index contributed by atoms with van der Waals surface area (Å²) in [7, 11) is 0. The standard InChI is InChI=1S/C19H24N4/c20-19(23-18-12-6-7-13-21-18)22-14-16-10-4-5-11-17(16)15-8-2-1-3-9-15/h1-3,6-9,12-13,16-17H,4-5,10-11,14H2,(H3,20,21,22,23). The van der Waals surface area contributed by atoms with E-state index in [-0.39, 0.29) is 0 Å². The van der Waals surface area contributed by atoms with Crippen LogP contribution in [-0.2, 0) is 0 Å². The first-order valence-corrected chi connectivity index (χ1v) is 8.36. The first kappa shape index (κ1) is 15.5. The van der Waals surface area contributed by atoms with Crippen molar-refractivity contribution in [1.82, 2.24) is 4.98 Å². The van der Waals surface area contributed by atoms with Gasteiger partial charge in [0.2, 0.25) is 0 Å². The Morgan fingerprint density at radius 2 is 1.87 bits per heavy atom. The average Bonchev–Trinajstić information content (AvgIpc) is 2.62. The van der Waals surface area contributed by atoms with Crippen LogP contribution in [0, 0.1) is 5.92 Å². The molecule has 0 radical (unpaired) electrons. The Kier molecular flexibility index (Phi) is 5.25. The molecule has 2 aromatic rings. The summed E-state index contributed by atoms with van der Waals surface area (Å²) < 4.78 is 0. The van der Waals surface area contributed by atoms with Gasteiger partial charge in [-0.2, -0.15) is 0 Å². The summed E-state index contributed by atoms with van der Waals surface area (Å²) in [6, 6.07) is 16.5. The zero-order valence-electron chi connectivity index (χ0n) is 13.4. The Morgan fingerprint density at radius 3 is 2.65 bits per heavy atom. The lowest BCUT2D eigenvalue weighted by Gasteiger charge is -2.31. The van der Waals surface area contributed by atoms with Crippen molar-refractivity contribution in [3.05, 3.63) is 60.3 Å². The molecule has 0 saturated heterocycles. The summed E-state index contributed by atoms with van der Waals surface area (Å²) in [5.74, 6) is 2.34. The molecule has 0 spiro atoms. The molecule has 3 rings (SSSR count). The van der Waals surface area contributed by atoms with E-state index in [1.807, 2.05) is 18.2 Å². The molecular formula is C19H24N4. The van der Waals surface area contributed by atoms with Gasteiger partial charge in [-0.25, -0.2) is 4.98 Å². The molecule has 0 aliphatic heterocycles. The van der Waals surface area contributed by atoms with Gasteiger partial charge in [-0.05, 0) is 42.4 Å². The van der Waals surface area contributed by atoms with Crippen molar-refractivity contribution in [1.29, 1.82) is 0 Å². The average molecular weight is 308 g/mol. The van der Waals surface area contributed by atoms with Crippen molar-refractivity contribution < 1.29 is 0 Å². The molecule has 0 amide bonds. The number of guanidine groups is 1. The second kappa shape index (κ2) is 7.77. The molecule has 1 aromatic carbocycles. The fraction of sp³-hybridized carbons (Fsp3) is 0.368. The van der Waals surface area contributed by atoms with Crippen LogP contribution < -0.4 is 11.1 Å². The highest BCUT2D eigenvalue weighted by Gasteiger charge is 2.26. The number of hydrogen-bond acceptors (Lipinski definition) is 2. The zero-order valence-corrected chi connectivity index (χ0v) is 13.4. The molecule has 2 atom stereocenters. The Labute approximate surface area is 137 Å². The van der Waals surface area contributed by atoms with E-state index in [9.17, 15) is 0 Å². The van der Waals surface area contributed by atoms with Crippen LogP contribution in [0.5, 0.6) is 0 Å². The Bertz CT molecular complexity index is 624. The Balaban J connectivity index is 1.64. The van der Waals surface area contributed by atoms with E-state index in [2.05, 4.69) is 45.6 Å². The molecule has 1 aliphatic rings. The maximum atomic E-state index is 6.01. The minimum atomic E-state index is 0.445. The lowest BCUT2D eigenvalue weighted by Crippen LogP contribution is -2.26. The predicted octanol–water partition coefficient (Wildman–Crippen LogP) is 3.78. The molecule has 1 heterocycles. The van der Waals surface area contributed by atoms with Gasteiger partial charge in [-0.15, -0.1) is 0 Å². The molecule has 1 aliphatic carbocycles. The smallest absolute Gasteiger partial charge is 0.194 e. The zero-order chi connectivity index (χ0) is 15.9. The van der Waals surface area contributed by atoms with Crippen molar-refractivity contribution in [2.75, 3.05) is 11.9 Å². The number of aliphatic imine (C=N–C) groups is 1. The highest BCUT2D eigenvalue weighted by molar-refractivity contribution is 5.91. The van der Waals surface area contributed by atoms with Crippen LogP contribution in [0.1, 0.15) is 37.2 Å². The van der Waals surface area contributed by atoms with Gasteiger partial charge >= 0.3 is 0 Å². The number of nitrogens with one attached hydrogen (secondary N) is 1. The number of aromatic nitrogens is 1. The second-order valence-corrected chi connectivity index (χ2v) is 6.13. The van der Waals surface area contributed by atoms with Crippen LogP contribution in [0.2, 0.25) is 0 Å². The number of rotatable bonds is 4. The number of hydrogen-bond donors (Lipinski definition) is 2. The van der Waals surface area contributed by atoms with E-state index in [1.54, 1.807) is 6.20 Å². The molecular weight excluding hydrogens is 284 g/mol. The second-order valence-electron chi connectivity index (χ2n) is 6.13. The molecule has 120 valence electrons. The molecule has 23 heavy (non-hydrogen) atoms. The Hall–Kier alpha value is -2.36. The van der Waals surface area contributed by atoms with Crippen LogP contribution in [0.25, 0.3) is 0 Å². The van der Waals surface area contributed by atoms with Crippen LogP contribution in [0.4, 0.5) is 5.82 Å². The first-order chi connectivity index (χ1) is 11.3. The van der Waals surface area contributed by atoms with Crippen molar-refractivity contribution >= 4 is 11.8 Å².